The number of hydrogen-bond donors (Lipinski definition) is 0. The topological polar surface area (TPSA) is 98.1 Å². The van der Waals surface area contributed by atoms with Gasteiger partial charge in [0.1, 0.15) is 0 Å². The number of nitrogens with zero attached hydrogens (tertiary/aromatic N) is 6. The number of hydrogen-bond acceptors (Lipinski definition) is 6. The van der Waals surface area contributed by atoms with Crippen molar-refractivity contribution in [3.8, 4) is 23.4 Å². The third-order valence-electron chi connectivity index (χ3n) is 4.59. The molecule has 1 amide bonds. The first-order valence-electron chi connectivity index (χ1n) is 9.62. The zero-order valence-corrected chi connectivity index (χ0v) is 17.8. The Morgan fingerprint density at radius 2 is 1.80 bits per heavy atom. The Bertz CT molecular complexity index is 1110. The van der Waals surface area contributed by atoms with Crippen molar-refractivity contribution in [1.82, 2.24) is 19.5 Å². The van der Waals surface area contributed by atoms with E-state index in [2.05, 4.69) is 17.2 Å². The molecule has 1 aromatic carbocycles. The van der Waals surface area contributed by atoms with Crippen molar-refractivity contribution in [2.75, 3.05) is 18.8 Å². The van der Waals surface area contributed by atoms with E-state index in [1.165, 1.54) is 11.8 Å². The fraction of sp³-hybridized carbons (Fsp3) is 0.318. The highest BCUT2D eigenvalue weighted by atomic mass is 32.2. The summed E-state index contributed by atoms with van der Waals surface area (Å²) in [5, 5.41) is 22.9. The van der Waals surface area contributed by atoms with Crippen LogP contribution in [0.4, 0.5) is 0 Å². The Labute approximate surface area is 179 Å². The number of rotatable bonds is 8. The maximum Gasteiger partial charge on any atom is 0.233 e. The zero-order valence-electron chi connectivity index (χ0n) is 17.0. The van der Waals surface area contributed by atoms with Gasteiger partial charge in [0.05, 0.1) is 47.6 Å². The van der Waals surface area contributed by atoms with Gasteiger partial charge in [-0.3, -0.25) is 4.79 Å². The molecule has 152 valence electrons. The maximum absolute atomic E-state index is 12.7. The fourth-order valence-electron chi connectivity index (χ4n) is 3.25. The van der Waals surface area contributed by atoms with Crippen LogP contribution in [0.2, 0.25) is 0 Å². The molecule has 3 rings (SSSR count). The summed E-state index contributed by atoms with van der Waals surface area (Å²) in [6, 6.07) is 16.0. The molecule has 0 saturated heterocycles. The highest BCUT2D eigenvalue weighted by Crippen LogP contribution is 2.30. The Morgan fingerprint density at radius 3 is 2.43 bits per heavy atom. The molecule has 0 aliphatic heterocycles. The molecule has 0 atom stereocenters. The molecule has 0 unspecified atom stereocenters. The molecule has 8 heteroatoms. The average Bonchev–Trinajstić information content (AvgIpc) is 3.11. The van der Waals surface area contributed by atoms with E-state index in [0.29, 0.717) is 18.2 Å². The number of thioether (sulfide) groups is 1. The fourth-order valence-corrected chi connectivity index (χ4v) is 4.09. The lowest BCUT2D eigenvalue weighted by Gasteiger charge is -2.19. The summed E-state index contributed by atoms with van der Waals surface area (Å²) in [6.45, 7) is 4.61. The number of aryl methyl sites for hydroxylation is 2. The Kier molecular flexibility index (Phi) is 7.05. The van der Waals surface area contributed by atoms with Gasteiger partial charge in [-0.1, -0.05) is 42.1 Å². The molecule has 7 nitrogen and oxygen atoms in total. The van der Waals surface area contributed by atoms with Crippen LogP contribution in [0.15, 0.2) is 41.6 Å². The number of aromatic nitrogens is 3. The first-order chi connectivity index (χ1) is 14.5. The standard InChI is InChI=1S/C22H22N6OS/c1-16-14-17(2)26-28-21(16)20(18-8-4-3-5-9-18)25-22(28)30-15-19(29)27(12-6-10-23)13-7-11-24/h3-5,8-9,14H,6-7,12-13,15H2,1-2H3. The molecular weight excluding hydrogens is 396 g/mol. The molecule has 0 radical (unpaired) electrons. The molecule has 3 aromatic rings. The van der Waals surface area contributed by atoms with Crippen molar-refractivity contribution in [2.24, 2.45) is 0 Å². The van der Waals surface area contributed by atoms with Crippen molar-refractivity contribution in [2.45, 2.75) is 31.8 Å². The summed E-state index contributed by atoms with van der Waals surface area (Å²) in [5.74, 6) is 0.0478. The molecule has 2 aromatic heterocycles. The number of nitriles is 2. The van der Waals surface area contributed by atoms with E-state index in [-0.39, 0.29) is 24.5 Å². The van der Waals surface area contributed by atoms with Gasteiger partial charge in [0.25, 0.3) is 0 Å². The van der Waals surface area contributed by atoms with E-state index in [0.717, 1.165) is 28.0 Å². The van der Waals surface area contributed by atoms with Crippen molar-refractivity contribution < 1.29 is 4.79 Å². The maximum atomic E-state index is 12.7. The highest BCUT2D eigenvalue weighted by Gasteiger charge is 2.19. The van der Waals surface area contributed by atoms with Crippen LogP contribution >= 0.6 is 11.8 Å². The van der Waals surface area contributed by atoms with E-state index in [9.17, 15) is 4.79 Å². The highest BCUT2D eigenvalue weighted by molar-refractivity contribution is 7.99. The summed E-state index contributed by atoms with van der Waals surface area (Å²) >= 11 is 1.32. The SMILES string of the molecule is Cc1cc(C)c2c(-c3ccccc3)nc(SCC(=O)N(CCC#N)CCC#N)n2n1. The number of benzene rings is 1. The van der Waals surface area contributed by atoms with Crippen LogP contribution < -0.4 is 0 Å². The summed E-state index contributed by atoms with van der Waals surface area (Å²) in [4.78, 5) is 19.1. The first-order valence-corrected chi connectivity index (χ1v) is 10.6. The first kappa shape index (κ1) is 21.4. The van der Waals surface area contributed by atoms with Gasteiger partial charge in [-0.05, 0) is 25.5 Å². The van der Waals surface area contributed by atoms with Gasteiger partial charge in [-0.25, -0.2) is 9.50 Å². The summed E-state index contributed by atoms with van der Waals surface area (Å²) < 4.78 is 1.81. The van der Waals surface area contributed by atoms with Crippen molar-refractivity contribution in [3.63, 3.8) is 0 Å². The third-order valence-corrected chi connectivity index (χ3v) is 5.51. The van der Waals surface area contributed by atoms with Gasteiger partial charge in [0.15, 0.2) is 5.16 Å². The molecule has 0 aliphatic rings. The Balaban J connectivity index is 1.90. The predicted molar refractivity (Wildman–Crippen MR) is 116 cm³/mol. The number of imidazole rings is 1. The van der Waals surface area contributed by atoms with E-state index in [4.69, 9.17) is 15.5 Å². The number of carbonyl (C=O) groups is 1. The van der Waals surface area contributed by atoms with Gasteiger partial charge in [-0.2, -0.15) is 15.6 Å². The van der Waals surface area contributed by atoms with Gasteiger partial charge in [0, 0.05) is 18.7 Å². The van der Waals surface area contributed by atoms with Gasteiger partial charge in [0.2, 0.25) is 5.91 Å². The Hall–Kier alpha value is -3.36. The van der Waals surface area contributed by atoms with Gasteiger partial charge in [-0.15, -0.1) is 0 Å². The van der Waals surface area contributed by atoms with Crippen LogP contribution in [0.1, 0.15) is 24.1 Å². The van der Waals surface area contributed by atoms with Crippen LogP contribution in [0.5, 0.6) is 0 Å². The monoisotopic (exact) mass is 418 g/mol. The number of fused-ring (bicyclic) bond motifs is 1. The minimum Gasteiger partial charge on any atom is -0.340 e. The summed E-state index contributed by atoms with van der Waals surface area (Å²) in [6.07, 6.45) is 0.485. The summed E-state index contributed by atoms with van der Waals surface area (Å²) in [5.41, 5.74) is 4.69. The minimum atomic E-state index is -0.118. The lowest BCUT2D eigenvalue weighted by Crippen LogP contribution is -2.34. The van der Waals surface area contributed by atoms with Crippen LogP contribution in [0, 0.1) is 36.5 Å². The van der Waals surface area contributed by atoms with Gasteiger partial charge >= 0.3 is 0 Å². The van der Waals surface area contributed by atoms with Crippen molar-refractivity contribution in [1.29, 1.82) is 10.5 Å². The smallest absolute Gasteiger partial charge is 0.233 e. The molecule has 0 fully saturated rings. The predicted octanol–water partition coefficient (Wildman–Crippen LogP) is 3.76. The largest absolute Gasteiger partial charge is 0.340 e. The molecule has 0 spiro atoms. The molecular formula is C22H22N6OS. The van der Waals surface area contributed by atoms with E-state index in [1.54, 1.807) is 9.42 Å². The second-order valence-electron chi connectivity index (χ2n) is 6.82. The van der Waals surface area contributed by atoms with E-state index in [1.807, 2.05) is 50.2 Å². The van der Waals surface area contributed by atoms with Gasteiger partial charge < -0.3 is 4.90 Å². The quantitative estimate of drug-likeness (QED) is 0.517. The molecule has 0 bridgehead atoms. The van der Waals surface area contributed by atoms with Crippen molar-refractivity contribution in [3.05, 3.63) is 47.7 Å². The second-order valence-corrected chi connectivity index (χ2v) is 7.77. The van der Waals surface area contributed by atoms with Crippen LogP contribution in [-0.2, 0) is 4.79 Å². The minimum absolute atomic E-state index is 0.118. The zero-order chi connectivity index (χ0) is 21.5. The number of amides is 1. The second kappa shape index (κ2) is 9.91. The molecule has 0 aliphatic carbocycles. The normalized spacial score (nSPS) is 10.5. The third kappa shape index (κ3) is 4.79. The lowest BCUT2D eigenvalue weighted by molar-refractivity contribution is -0.128. The molecule has 30 heavy (non-hydrogen) atoms. The molecule has 0 N–H and O–H groups in total. The molecule has 0 saturated carbocycles. The number of carbonyl (C=O) groups excluding carboxylic acids is 1. The van der Waals surface area contributed by atoms with Crippen LogP contribution in [-0.4, -0.2) is 44.2 Å². The van der Waals surface area contributed by atoms with E-state index >= 15 is 0 Å². The van der Waals surface area contributed by atoms with Crippen molar-refractivity contribution >= 4 is 23.2 Å². The lowest BCUT2D eigenvalue weighted by atomic mass is 10.1. The van der Waals surface area contributed by atoms with E-state index < -0.39 is 0 Å². The Morgan fingerprint density at radius 1 is 1.13 bits per heavy atom. The van der Waals surface area contributed by atoms with Crippen LogP contribution in [0.25, 0.3) is 16.8 Å². The summed E-state index contributed by atoms with van der Waals surface area (Å²) in [7, 11) is 0. The molecule has 2 heterocycles. The average molecular weight is 419 g/mol. The van der Waals surface area contributed by atoms with Crippen LogP contribution in [0.3, 0.4) is 0 Å².